The van der Waals surface area contributed by atoms with E-state index in [9.17, 15) is 0 Å². The lowest BCUT2D eigenvalue weighted by atomic mass is 10.0. The number of rotatable bonds is 6. The quantitative estimate of drug-likeness (QED) is 0.782. The van der Waals surface area contributed by atoms with Crippen LogP contribution in [0.4, 0.5) is 0 Å². The van der Waals surface area contributed by atoms with Gasteiger partial charge in [-0.05, 0) is 37.1 Å². The van der Waals surface area contributed by atoms with Gasteiger partial charge in [0.05, 0.1) is 0 Å². The van der Waals surface area contributed by atoms with Gasteiger partial charge in [0, 0.05) is 32.5 Å². The fourth-order valence-corrected chi connectivity index (χ4v) is 5.83. The lowest BCUT2D eigenvalue weighted by Crippen LogP contribution is -2.46. The Morgan fingerprint density at radius 1 is 1.25 bits per heavy atom. The van der Waals surface area contributed by atoms with Gasteiger partial charge < -0.3 is 5.32 Å². The molecule has 1 fully saturated rings. The summed E-state index contributed by atoms with van der Waals surface area (Å²) in [6.07, 6.45) is 2.34. The molecule has 1 aromatic rings. The molecule has 3 atom stereocenters. The molecule has 20 heavy (non-hydrogen) atoms. The Hall–Kier alpha value is 0.360. The molecule has 3 unspecified atom stereocenters. The zero-order valence-corrected chi connectivity index (χ0v) is 15.5. The van der Waals surface area contributed by atoms with Crippen LogP contribution in [0.15, 0.2) is 28.7 Å². The first-order chi connectivity index (χ1) is 9.70. The summed E-state index contributed by atoms with van der Waals surface area (Å²) in [5, 5.41) is 5.26. The van der Waals surface area contributed by atoms with Gasteiger partial charge in [0.1, 0.15) is 0 Å². The van der Waals surface area contributed by atoms with E-state index in [4.69, 9.17) is 0 Å². The van der Waals surface area contributed by atoms with E-state index in [1.807, 2.05) is 0 Å². The third-order valence-corrected chi connectivity index (χ3v) is 7.44. The van der Waals surface area contributed by atoms with Gasteiger partial charge >= 0.3 is 0 Å². The van der Waals surface area contributed by atoms with Crippen molar-refractivity contribution in [2.45, 2.75) is 43.2 Å². The van der Waals surface area contributed by atoms with Crippen LogP contribution in [0.2, 0.25) is 0 Å². The van der Waals surface area contributed by atoms with Crippen molar-refractivity contribution in [1.29, 1.82) is 0 Å². The van der Waals surface area contributed by atoms with Crippen molar-refractivity contribution < 1.29 is 0 Å². The normalized spacial score (nSPS) is 24.6. The van der Waals surface area contributed by atoms with Crippen LogP contribution in [0.5, 0.6) is 0 Å². The monoisotopic (exact) mass is 373 g/mol. The van der Waals surface area contributed by atoms with Gasteiger partial charge in [-0.3, -0.25) is 0 Å². The third kappa shape index (κ3) is 4.97. The lowest BCUT2D eigenvalue weighted by molar-refractivity contribution is 0.486. The van der Waals surface area contributed by atoms with Gasteiger partial charge in [-0.1, -0.05) is 41.9 Å². The van der Waals surface area contributed by atoms with Crippen molar-refractivity contribution in [2.75, 3.05) is 18.1 Å². The average Bonchev–Trinajstić information content (AvgIpc) is 2.46. The number of benzene rings is 1. The van der Waals surface area contributed by atoms with Crippen molar-refractivity contribution in [3.63, 3.8) is 0 Å². The summed E-state index contributed by atoms with van der Waals surface area (Å²) in [7, 11) is 0. The smallest absolute Gasteiger partial charge is 0.0320 e. The highest BCUT2D eigenvalue weighted by Gasteiger charge is 2.29. The molecule has 1 aromatic carbocycles. The van der Waals surface area contributed by atoms with Crippen molar-refractivity contribution in [3.05, 3.63) is 34.3 Å². The van der Waals surface area contributed by atoms with Crippen LogP contribution < -0.4 is 5.32 Å². The molecule has 0 saturated carbocycles. The molecular formula is C16H24BrNS2. The van der Waals surface area contributed by atoms with Gasteiger partial charge in [0.15, 0.2) is 0 Å². The minimum absolute atomic E-state index is 0.587. The van der Waals surface area contributed by atoms with Crippen LogP contribution in [0.3, 0.4) is 0 Å². The average molecular weight is 374 g/mol. The van der Waals surface area contributed by atoms with Crippen molar-refractivity contribution >= 4 is 39.5 Å². The summed E-state index contributed by atoms with van der Waals surface area (Å²) in [6, 6.07) is 9.38. The summed E-state index contributed by atoms with van der Waals surface area (Å²) in [5.74, 6) is 2.60. The maximum atomic E-state index is 3.79. The van der Waals surface area contributed by atoms with E-state index in [-0.39, 0.29) is 0 Å². The minimum Gasteiger partial charge on any atom is -0.313 e. The highest BCUT2D eigenvalue weighted by Crippen LogP contribution is 2.34. The molecule has 1 aliphatic rings. The van der Waals surface area contributed by atoms with Crippen molar-refractivity contribution in [3.8, 4) is 0 Å². The van der Waals surface area contributed by atoms with Gasteiger partial charge in [0.2, 0.25) is 0 Å². The molecule has 4 heteroatoms. The van der Waals surface area contributed by atoms with Crippen LogP contribution in [0.25, 0.3) is 0 Å². The Bertz CT molecular complexity index is 396. The Morgan fingerprint density at radius 3 is 2.60 bits per heavy atom. The Labute approximate surface area is 140 Å². The fourth-order valence-electron chi connectivity index (χ4n) is 2.60. The van der Waals surface area contributed by atoms with Gasteiger partial charge in [-0.2, -0.15) is 23.5 Å². The lowest BCUT2D eigenvalue weighted by Gasteiger charge is -2.35. The number of hydrogen-bond donors (Lipinski definition) is 1. The molecule has 0 aliphatic carbocycles. The van der Waals surface area contributed by atoms with Gasteiger partial charge in [0.25, 0.3) is 0 Å². The molecule has 1 heterocycles. The van der Waals surface area contributed by atoms with Crippen molar-refractivity contribution in [1.82, 2.24) is 5.32 Å². The van der Waals surface area contributed by atoms with Crippen LogP contribution in [-0.4, -0.2) is 34.6 Å². The minimum atomic E-state index is 0.587. The first kappa shape index (κ1) is 16.7. The Balaban J connectivity index is 2.03. The van der Waals surface area contributed by atoms with E-state index < -0.39 is 0 Å². The third-order valence-electron chi connectivity index (χ3n) is 3.66. The van der Waals surface area contributed by atoms with Gasteiger partial charge in [-0.25, -0.2) is 0 Å². The molecule has 1 nitrogen and oxygen atoms in total. The van der Waals surface area contributed by atoms with E-state index in [1.165, 1.54) is 23.5 Å². The summed E-state index contributed by atoms with van der Waals surface area (Å²) >= 11 is 7.81. The standard InChI is InChI=1S/C16H24BrNS2/c1-3-8-18-15(16-12(2)19-9-10-20-16)11-13-4-6-14(17)7-5-13/h4-7,12,15-16,18H,3,8-11H2,1-2H3. The first-order valence-electron chi connectivity index (χ1n) is 7.41. The van der Waals surface area contributed by atoms with Crippen LogP contribution in [-0.2, 0) is 6.42 Å². The summed E-state index contributed by atoms with van der Waals surface area (Å²) in [6.45, 7) is 5.76. The first-order valence-corrected chi connectivity index (χ1v) is 10.3. The number of thioether (sulfide) groups is 2. The van der Waals surface area contributed by atoms with E-state index >= 15 is 0 Å². The Kier molecular flexibility index (Phi) is 7.29. The summed E-state index contributed by atoms with van der Waals surface area (Å²) < 4.78 is 1.16. The fraction of sp³-hybridized carbons (Fsp3) is 0.625. The molecule has 0 radical (unpaired) electrons. The van der Waals surface area contributed by atoms with E-state index in [0.717, 1.165) is 27.9 Å². The maximum Gasteiger partial charge on any atom is 0.0320 e. The van der Waals surface area contributed by atoms with Crippen LogP contribution in [0, 0.1) is 0 Å². The molecule has 0 spiro atoms. The van der Waals surface area contributed by atoms with Gasteiger partial charge in [-0.15, -0.1) is 0 Å². The number of nitrogens with one attached hydrogen (secondary N) is 1. The second-order valence-corrected chi connectivity index (χ2v) is 8.99. The predicted molar refractivity (Wildman–Crippen MR) is 98.1 cm³/mol. The largest absolute Gasteiger partial charge is 0.313 e. The SMILES string of the molecule is CCCNC(Cc1ccc(Br)cc1)C1SCCSC1C. The van der Waals surface area contributed by atoms with E-state index in [1.54, 1.807) is 0 Å². The highest BCUT2D eigenvalue weighted by molar-refractivity contribution is 9.10. The second kappa shape index (κ2) is 8.72. The highest BCUT2D eigenvalue weighted by atomic mass is 79.9. The Morgan fingerprint density at radius 2 is 1.95 bits per heavy atom. The summed E-state index contributed by atoms with van der Waals surface area (Å²) in [4.78, 5) is 0. The molecule has 2 rings (SSSR count). The molecular weight excluding hydrogens is 350 g/mol. The number of halogens is 1. The van der Waals surface area contributed by atoms with E-state index in [0.29, 0.717) is 6.04 Å². The zero-order chi connectivity index (χ0) is 14.4. The van der Waals surface area contributed by atoms with Crippen molar-refractivity contribution in [2.24, 2.45) is 0 Å². The predicted octanol–water partition coefficient (Wildman–Crippen LogP) is 4.60. The topological polar surface area (TPSA) is 12.0 Å². The molecule has 0 aromatic heterocycles. The maximum absolute atomic E-state index is 3.79. The molecule has 1 N–H and O–H groups in total. The van der Waals surface area contributed by atoms with Crippen LogP contribution >= 0.6 is 39.5 Å². The van der Waals surface area contributed by atoms with E-state index in [2.05, 4.69) is 82.9 Å². The molecule has 112 valence electrons. The van der Waals surface area contributed by atoms with Crippen LogP contribution in [0.1, 0.15) is 25.8 Å². The summed E-state index contributed by atoms with van der Waals surface area (Å²) in [5.41, 5.74) is 1.44. The zero-order valence-electron chi connectivity index (χ0n) is 12.3. The molecule has 0 bridgehead atoms. The molecule has 1 aliphatic heterocycles. The molecule has 0 amide bonds. The molecule has 1 saturated heterocycles. The second-order valence-electron chi connectivity index (χ2n) is 5.30. The number of hydrogen-bond acceptors (Lipinski definition) is 3.